The zero-order valence-electron chi connectivity index (χ0n) is 18.9. The van der Waals surface area contributed by atoms with Crippen molar-refractivity contribution in [2.24, 2.45) is 5.92 Å². The molecule has 1 aliphatic heterocycles. The number of hydrogen-bond donors (Lipinski definition) is 1. The van der Waals surface area contributed by atoms with Crippen LogP contribution in [0.3, 0.4) is 0 Å². The number of amides is 1. The first kappa shape index (κ1) is 22.2. The van der Waals surface area contributed by atoms with Gasteiger partial charge in [0, 0.05) is 18.8 Å². The number of anilines is 2. The first-order valence-electron chi connectivity index (χ1n) is 11.3. The number of aromatic nitrogens is 2. The van der Waals surface area contributed by atoms with Gasteiger partial charge in [-0.3, -0.25) is 14.2 Å². The summed E-state index contributed by atoms with van der Waals surface area (Å²) >= 11 is 1.42. The van der Waals surface area contributed by atoms with Gasteiger partial charge in [-0.05, 0) is 54.1 Å². The Morgan fingerprint density at radius 2 is 1.94 bits per heavy atom. The lowest BCUT2D eigenvalue weighted by molar-refractivity contribution is -0.120. The summed E-state index contributed by atoms with van der Waals surface area (Å²) in [6.07, 6.45) is 1.64. The molecule has 1 N–H and O–H groups in total. The van der Waals surface area contributed by atoms with E-state index in [4.69, 9.17) is 9.72 Å². The third-order valence-electron chi connectivity index (χ3n) is 6.16. The third-order valence-corrected chi connectivity index (χ3v) is 7.05. The molecular formula is C26H26N4O3S. The number of nitrogens with zero attached hydrogens (tertiary/aromatic N) is 3. The van der Waals surface area contributed by atoms with Gasteiger partial charge in [-0.2, -0.15) is 0 Å². The van der Waals surface area contributed by atoms with Crippen LogP contribution in [0.4, 0.5) is 11.6 Å². The molecule has 1 atom stereocenters. The molecule has 34 heavy (non-hydrogen) atoms. The maximum absolute atomic E-state index is 13.4. The lowest BCUT2D eigenvalue weighted by atomic mass is 9.97. The first-order chi connectivity index (χ1) is 16.6. The number of hydrogen-bond acceptors (Lipinski definition) is 6. The van der Waals surface area contributed by atoms with Crippen molar-refractivity contribution in [1.29, 1.82) is 0 Å². The zero-order chi connectivity index (χ0) is 23.5. The lowest BCUT2D eigenvalue weighted by Crippen LogP contribution is -2.43. The number of nitrogens with one attached hydrogen (secondary N) is 1. The van der Waals surface area contributed by atoms with E-state index in [1.807, 2.05) is 66.0 Å². The lowest BCUT2D eigenvalue weighted by Gasteiger charge is -2.34. The van der Waals surface area contributed by atoms with Gasteiger partial charge in [0.05, 0.1) is 25.1 Å². The summed E-state index contributed by atoms with van der Waals surface area (Å²) in [5.74, 6) is 1.15. The van der Waals surface area contributed by atoms with E-state index < -0.39 is 0 Å². The maximum Gasteiger partial charge on any atom is 0.273 e. The number of ether oxygens (including phenoxy) is 1. The first-order valence-corrected chi connectivity index (χ1v) is 12.2. The molecule has 8 heteroatoms. The molecule has 1 amide bonds. The Bertz CT molecular complexity index is 1350. The molecule has 2 aromatic carbocycles. The summed E-state index contributed by atoms with van der Waals surface area (Å²) in [4.78, 5) is 33.4. The van der Waals surface area contributed by atoms with E-state index in [1.165, 1.54) is 11.3 Å². The van der Waals surface area contributed by atoms with Gasteiger partial charge in [0.15, 0.2) is 0 Å². The smallest absolute Gasteiger partial charge is 0.273 e. The number of carbonyl (C=O) groups excluding carboxylic acids is 1. The van der Waals surface area contributed by atoms with E-state index in [9.17, 15) is 9.59 Å². The van der Waals surface area contributed by atoms with Crippen molar-refractivity contribution >= 4 is 39.1 Å². The SMILES string of the molecule is COc1ccc(NC(=O)[C@H]2CCCN(c3nc4ccsc4c(=O)n3Cc3ccccc3)C2)cc1. The number of piperidine rings is 1. The van der Waals surface area contributed by atoms with Gasteiger partial charge >= 0.3 is 0 Å². The van der Waals surface area contributed by atoms with Crippen LogP contribution in [0.15, 0.2) is 70.8 Å². The fourth-order valence-corrected chi connectivity index (χ4v) is 5.15. The molecule has 7 nitrogen and oxygen atoms in total. The highest BCUT2D eigenvalue weighted by molar-refractivity contribution is 7.17. The van der Waals surface area contributed by atoms with Crippen LogP contribution in [0.5, 0.6) is 5.75 Å². The molecule has 0 aliphatic carbocycles. The summed E-state index contributed by atoms with van der Waals surface area (Å²) in [6.45, 7) is 1.71. The van der Waals surface area contributed by atoms with Crippen molar-refractivity contribution in [2.75, 3.05) is 30.4 Å². The Balaban J connectivity index is 1.41. The fraction of sp³-hybridized carbons (Fsp3) is 0.269. The average Bonchev–Trinajstić information content (AvgIpc) is 3.36. The predicted octanol–water partition coefficient (Wildman–Crippen LogP) is 4.37. The number of fused-ring (bicyclic) bond motifs is 1. The Morgan fingerprint density at radius 1 is 1.15 bits per heavy atom. The Kier molecular flexibility index (Phi) is 6.31. The monoisotopic (exact) mass is 474 g/mol. The van der Waals surface area contributed by atoms with Crippen molar-refractivity contribution in [3.63, 3.8) is 0 Å². The van der Waals surface area contributed by atoms with Gasteiger partial charge < -0.3 is 15.0 Å². The van der Waals surface area contributed by atoms with Crippen molar-refractivity contribution in [3.8, 4) is 5.75 Å². The summed E-state index contributed by atoms with van der Waals surface area (Å²) < 4.78 is 7.59. The van der Waals surface area contributed by atoms with Gasteiger partial charge in [-0.25, -0.2) is 4.98 Å². The minimum Gasteiger partial charge on any atom is -0.497 e. The molecule has 3 heterocycles. The van der Waals surface area contributed by atoms with Crippen LogP contribution in [-0.2, 0) is 11.3 Å². The Hall–Kier alpha value is -3.65. The Morgan fingerprint density at radius 3 is 2.71 bits per heavy atom. The van der Waals surface area contributed by atoms with Gasteiger partial charge in [-0.15, -0.1) is 11.3 Å². The second kappa shape index (κ2) is 9.69. The molecule has 0 saturated carbocycles. The molecule has 1 aliphatic rings. The minimum atomic E-state index is -0.198. The maximum atomic E-state index is 13.4. The number of methoxy groups -OCH3 is 1. The van der Waals surface area contributed by atoms with E-state index in [0.717, 1.165) is 36.4 Å². The second-order valence-corrected chi connectivity index (χ2v) is 9.34. The van der Waals surface area contributed by atoms with E-state index >= 15 is 0 Å². The molecule has 0 radical (unpaired) electrons. The summed E-state index contributed by atoms with van der Waals surface area (Å²) in [5.41, 5.74) is 2.44. The van der Waals surface area contributed by atoms with Crippen LogP contribution < -0.4 is 20.5 Å². The number of rotatable bonds is 6. The number of carbonyl (C=O) groups is 1. The predicted molar refractivity (Wildman–Crippen MR) is 136 cm³/mol. The van der Waals surface area contributed by atoms with E-state index in [1.54, 1.807) is 11.7 Å². The fourth-order valence-electron chi connectivity index (χ4n) is 4.37. The number of thiophene rings is 1. The zero-order valence-corrected chi connectivity index (χ0v) is 19.8. The topological polar surface area (TPSA) is 76.5 Å². The van der Waals surface area contributed by atoms with Crippen molar-refractivity contribution < 1.29 is 9.53 Å². The van der Waals surface area contributed by atoms with Gasteiger partial charge in [0.1, 0.15) is 10.4 Å². The molecule has 0 bridgehead atoms. The van der Waals surface area contributed by atoms with Gasteiger partial charge in [0.2, 0.25) is 11.9 Å². The molecule has 174 valence electrons. The van der Waals surface area contributed by atoms with Crippen LogP contribution in [-0.4, -0.2) is 35.7 Å². The molecule has 2 aromatic heterocycles. The summed E-state index contributed by atoms with van der Waals surface area (Å²) in [6, 6.07) is 19.1. The quantitative estimate of drug-likeness (QED) is 0.449. The highest BCUT2D eigenvalue weighted by atomic mass is 32.1. The third kappa shape index (κ3) is 4.54. The van der Waals surface area contributed by atoms with Gasteiger partial charge in [-0.1, -0.05) is 30.3 Å². The molecule has 0 spiro atoms. The van der Waals surface area contributed by atoms with Crippen LogP contribution >= 0.6 is 11.3 Å². The number of benzene rings is 2. The van der Waals surface area contributed by atoms with Crippen LogP contribution in [0.1, 0.15) is 18.4 Å². The standard InChI is InChI=1S/C26H26N4O3S/c1-33-21-11-9-20(10-12-21)27-24(31)19-8-5-14-29(17-19)26-28-22-13-15-34-23(22)25(32)30(26)16-18-6-3-2-4-7-18/h2-4,6-7,9-13,15,19H,5,8,14,16-17H2,1H3,(H,27,31)/t19-/m0/s1. The summed E-state index contributed by atoms with van der Waals surface area (Å²) in [7, 11) is 1.61. The minimum absolute atomic E-state index is 0.0246. The van der Waals surface area contributed by atoms with Crippen LogP contribution in [0, 0.1) is 5.92 Å². The summed E-state index contributed by atoms with van der Waals surface area (Å²) in [5, 5.41) is 4.92. The second-order valence-electron chi connectivity index (χ2n) is 8.43. The van der Waals surface area contributed by atoms with Crippen LogP contribution in [0.2, 0.25) is 0 Å². The highest BCUT2D eigenvalue weighted by Gasteiger charge is 2.29. The molecule has 1 fully saturated rings. The molecule has 4 aromatic rings. The molecular weight excluding hydrogens is 448 g/mol. The Labute approximate surface area is 201 Å². The van der Waals surface area contributed by atoms with Crippen LogP contribution in [0.25, 0.3) is 10.2 Å². The molecule has 0 unspecified atom stereocenters. The average molecular weight is 475 g/mol. The largest absolute Gasteiger partial charge is 0.497 e. The highest BCUT2D eigenvalue weighted by Crippen LogP contribution is 2.26. The van der Waals surface area contributed by atoms with E-state index in [0.29, 0.717) is 29.3 Å². The van der Waals surface area contributed by atoms with E-state index in [2.05, 4.69) is 10.2 Å². The van der Waals surface area contributed by atoms with Crippen molar-refractivity contribution in [2.45, 2.75) is 19.4 Å². The van der Waals surface area contributed by atoms with Gasteiger partial charge in [0.25, 0.3) is 5.56 Å². The van der Waals surface area contributed by atoms with E-state index in [-0.39, 0.29) is 17.4 Å². The molecule has 5 rings (SSSR count). The van der Waals surface area contributed by atoms with Crippen molar-refractivity contribution in [1.82, 2.24) is 9.55 Å². The molecule has 1 saturated heterocycles. The van der Waals surface area contributed by atoms with Crippen molar-refractivity contribution in [3.05, 3.63) is 82.0 Å². The normalized spacial score (nSPS) is 15.9.